The zero-order valence-electron chi connectivity index (χ0n) is 9.33. The summed E-state index contributed by atoms with van der Waals surface area (Å²) >= 11 is 1.53. The predicted molar refractivity (Wildman–Crippen MR) is 63.2 cm³/mol. The van der Waals surface area contributed by atoms with Gasteiger partial charge in [0.05, 0.1) is 0 Å². The van der Waals surface area contributed by atoms with Gasteiger partial charge in [-0.1, -0.05) is 13.8 Å². The summed E-state index contributed by atoms with van der Waals surface area (Å²) in [5.74, 6) is -0.0228. The first-order valence-corrected chi connectivity index (χ1v) is 5.89. The van der Waals surface area contributed by atoms with Crippen LogP contribution in [-0.2, 0) is 11.2 Å². The molecule has 0 aliphatic heterocycles. The molecule has 2 N–H and O–H groups in total. The lowest BCUT2D eigenvalue weighted by Crippen LogP contribution is -2.28. The van der Waals surface area contributed by atoms with Crippen LogP contribution in [0.4, 0.5) is 5.13 Å². The molecule has 1 atom stereocenters. The van der Waals surface area contributed by atoms with Crippen LogP contribution in [0.5, 0.6) is 0 Å². The van der Waals surface area contributed by atoms with Gasteiger partial charge in [-0.3, -0.25) is 4.79 Å². The Labute approximate surface area is 94.1 Å². The van der Waals surface area contributed by atoms with Crippen molar-refractivity contribution in [1.29, 1.82) is 0 Å². The van der Waals surface area contributed by atoms with Crippen molar-refractivity contribution in [3.8, 4) is 0 Å². The predicted octanol–water partition coefficient (Wildman–Crippen LogP) is 1.50. The van der Waals surface area contributed by atoms with Gasteiger partial charge < -0.3 is 10.6 Å². The number of aryl methyl sites for hydroxylation is 1. The van der Waals surface area contributed by atoms with Crippen LogP contribution >= 0.6 is 11.3 Å². The molecule has 1 aromatic heterocycles. The van der Waals surface area contributed by atoms with Crippen LogP contribution in [-0.4, -0.2) is 24.5 Å². The molecule has 0 saturated carbocycles. The molecule has 0 aliphatic carbocycles. The van der Waals surface area contributed by atoms with Crippen molar-refractivity contribution >= 4 is 22.4 Å². The summed E-state index contributed by atoms with van der Waals surface area (Å²) in [4.78, 5) is 16.9. The highest BCUT2D eigenvalue weighted by Crippen LogP contribution is 2.18. The fraction of sp³-hybridized carbons (Fsp3) is 0.600. The normalized spacial score (nSPS) is 12.5. The molecular weight excluding hydrogens is 210 g/mol. The number of carbonyl (C=O) groups is 1. The second kappa shape index (κ2) is 5.82. The minimum Gasteiger partial charge on any atom is -0.319 e. The first-order chi connectivity index (χ1) is 7.17. The Balaban J connectivity index is 2.50. The molecule has 0 aliphatic rings. The van der Waals surface area contributed by atoms with E-state index in [1.54, 1.807) is 0 Å². The standard InChI is InChI=1S/C10H17N3OS/c1-4-8-6-12-10(15-8)13-9(14)7(2)5-11-3/h6-7,11H,4-5H2,1-3H3,(H,12,13,14). The lowest BCUT2D eigenvalue weighted by Gasteiger charge is -2.09. The van der Waals surface area contributed by atoms with Crippen LogP contribution in [0.3, 0.4) is 0 Å². The molecule has 1 aromatic rings. The summed E-state index contributed by atoms with van der Waals surface area (Å²) in [6.45, 7) is 4.64. The number of rotatable bonds is 5. The van der Waals surface area contributed by atoms with Crippen molar-refractivity contribution in [2.75, 3.05) is 18.9 Å². The third-order valence-electron chi connectivity index (χ3n) is 2.09. The highest BCUT2D eigenvalue weighted by molar-refractivity contribution is 7.15. The van der Waals surface area contributed by atoms with Crippen molar-refractivity contribution in [3.05, 3.63) is 11.1 Å². The summed E-state index contributed by atoms with van der Waals surface area (Å²) in [5, 5.41) is 6.48. The summed E-state index contributed by atoms with van der Waals surface area (Å²) in [6.07, 6.45) is 2.77. The van der Waals surface area contributed by atoms with E-state index >= 15 is 0 Å². The van der Waals surface area contributed by atoms with Gasteiger partial charge in [0, 0.05) is 23.5 Å². The van der Waals surface area contributed by atoms with Gasteiger partial charge in [-0.25, -0.2) is 4.98 Å². The van der Waals surface area contributed by atoms with Gasteiger partial charge in [0.2, 0.25) is 5.91 Å². The Bertz CT molecular complexity index is 324. The van der Waals surface area contributed by atoms with Crippen molar-refractivity contribution in [3.63, 3.8) is 0 Å². The highest BCUT2D eigenvalue weighted by Gasteiger charge is 2.13. The number of hydrogen-bond donors (Lipinski definition) is 2. The summed E-state index contributed by atoms with van der Waals surface area (Å²) in [5.41, 5.74) is 0. The largest absolute Gasteiger partial charge is 0.319 e. The van der Waals surface area contributed by atoms with Gasteiger partial charge in [-0.2, -0.15) is 0 Å². The second-order valence-electron chi connectivity index (χ2n) is 3.43. The average molecular weight is 227 g/mol. The van der Waals surface area contributed by atoms with Crippen molar-refractivity contribution in [1.82, 2.24) is 10.3 Å². The third-order valence-corrected chi connectivity index (χ3v) is 3.15. The number of anilines is 1. The van der Waals surface area contributed by atoms with Gasteiger partial charge in [0.1, 0.15) is 0 Å². The molecule has 0 spiro atoms. The SMILES string of the molecule is CCc1cnc(NC(=O)C(C)CNC)s1. The molecule has 1 heterocycles. The molecule has 84 valence electrons. The van der Waals surface area contributed by atoms with E-state index in [1.807, 2.05) is 20.2 Å². The van der Waals surface area contributed by atoms with Gasteiger partial charge in [-0.05, 0) is 13.5 Å². The Morgan fingerprint density at radius 3 is 2.93 bits per heavy atom. The van der Waals surface area contributed by atoms with Crippen LogP contribution in [0, 0.1) is 5.92 Å². The minimum atomic E-state index is -0.0380. The maximum atomic E-state index is 11.6. The van der Waals surface area contributed by atoms with Gasteiger partial charge in [0.15, 0.2) is 5.13 Å². The fourth-order valence-electron chi connectivity index (χ4n) is 1.16. The number of carbonyl (C=O) groups excluding carboxylic acids is 1. The van der Waals surface area contributed by atoms with Crippen molar-refractivity contribution in [2.24, 2.45) is 5.92 Å². The molecule has 1 amide bonds. The van der Waals surface area contributed by atoms with Crippen LogP contribution in [0.2, 0.25) is 0 Å². The molecule has 0 fully saturated rings. The number of thiazole rings is 1. The monoisotopic (exact) mass is 227 g/mol. The second-order valence-corrected chi connectivity index (χ2v) is 4.55. The van der Waals surface area contributed by atoms with E-state index in [4.69, 9.17) is 0 Å². The molecule has 5 heteroatoms. The van der Waals surface area contributed by atoms with E-state index in [0.717, 1.165) is 6.42 Å². The van der Waals surface area contributed by atoms with E-state index in [1.165, 1.54) is 16.2 Å². The zero-order valence-corrected chi connectivity index (χ0v) is 10.1. The summed E-state index contributed by atoms with van der Waals surface area (Å²) in [6, 6.07) is 0. The lowest BCUT2D eigenvalue weighted by molar-refractivity contribution is -0.119. The van der Waals surface area contributed by atoms with Crippen LogP contribution < -0.4 is 10.6 Å². The Morgan fingerprint density at radius 2 is 2.40 bits per heavy atom. The summed E-state index contributed by atoms with van der Waals surface area (Å²) < 4.78 is 0. The number of nitrogens with zero attached hydrogens (tertiary/aromatic N) is 1. The molecule has 4 nitrogen and oxygen atoms in total. The molecule has 1 rings (SSSR count). The first-order valence-electron chi connectivity index (χ1n) is 5.07. The van der Waals surface area contributed by atoms with Gasteiger partial charge >= 0.3 is 0 Å². The van der Waals surface area contributed by atoms with Crippen LogP contribution in [0.25, 0.3) is 0 Å². The molecule has 0 aromatic carbocycles. The van der Waals surface area contributed by atoms with E-state index in [-0.39, 0.29) is 11.8 Å². The lowest BCUT2D eigenvalue weighted by atomic mass is 10.2. The average Bonchev–Trinajstić information content (AvgIpc) is 2.66. The molecule has 0 bridgehead atoms. The quantitative estimate of drug-likeness (QED) is 0.801. The molecule has 0 saturated heterocycles. The number of aromatic nitrogens is 1. The Morgan fingerprint density at radius 1 is 1.67 bits per heavy atom. The van der Waals surface area contributed by atoms with Crippen molar-refractivity contribution < 1.29 is 4.79 Å². The number of hydrogen-bond acceptors (Lipinski definition) is 4. The van der Waals surface area contributed by atoms with Crippen LogP contribution in [0.15, 0.2) is 6.20 Å². The van der Waals surface area contributed by atoms with Crippen LogP contribution in [0.1, 0.15) is 18.7 Å². The van der Waals surface area contributed by atoms with E-state index < -0.39 is 0 Å². The maximum Gasteiger partial charge on any atom is 0.230 e. The third kappa shape index (κ3) is 3.60. The molecule has 0 radical (unpaired) electrons. The highest BCUT2D eigenvalue weighted by atomic mass is 32.1. The maximum absolute atomic E-state index is 11.6. The number of amides is 1. The fourth-order valence-corrected chi connectivity index (χ4v) is 1.91. The van der Waals surface area contributed by atoms with E-state index in [0.29, 0.717) is 11.7 Å². The first kappa shape index (κ1) is 12.1. The van der Waals surface area contributed by atoms with Gasteiger partial charge in [-0.15, -0.1) is 11.3 Å². The zero-order chi connectivity index (χ0) is 11.3. The minimum absolute atomic E-state index is 0.0151. The smallest absolute Gasteiger partial charge is 0.230 e. The molecular formula is C10H17N3OS. The Kier molecular flexibility index (Phi) is 4.71. The topological polar surface area (TPSA) is 54.0 Å². The Hall–Kier alpha value is -0.940. The van der Waals surface area contributed by atoms with E-state index in [2.05, 4.69) is 22.5 Å². The van der Waals surface area contributed by atoms with Gasteiger partial charge in [0.25, 0.3) is 0 Å². The summed E-state index contributed by atoms with van der Waals surface area (Å²) in [7, 11) is 1.84. The van der Waals surface area contributed by atoms with E-state index in [9.17, 15) is 4.79 Å². The molecule has 1 unspecified atom stereocenters. The van der Waals surface area contributed by atoms with Crippen molar-refractivity contribution in [2.45, 2.75) is 20.3 Å². The molecule has 15 heavy (non-hydrogen) atoms. The number of nitrogens with one attached hydrogen (secondary N) is 2.